The van der Waals surface area contributed by atoms with E-state index in [1.807, 2.05) is 48.5 Å². The number of methoxy groups -OCH3 is 1. The van der Waals surface area contributed by atoms with Crippen LogP contribution in [-0.2, 0) is 21.2 Å². The van der Waals surface area contributed by atoms with Crippen LogP contribution in [0, 0.1) is 5.41 Å². The first kappa shape index (κ1) is 32.6. The molecule has 4 atom stereocenters. The van der Waals surface area contributed by atoms with E-state index in [-0.39, 0.29) is 24.8 Å². The number of benzene rings is 2. The maximum atomic E-state index is 14.0. The third-order valence-corrected chi connectivity index (χ3v) is 10.9. The minimum absolute atomic E-state index is 0.00249. The molecule has 8 heteroatoms. The van der Waals surface area contributed by atoms with Gasteiger partial charge in [0.15, 0.2) is 5.78 Å². The number of carbonyl (C=O) groups excluding carboxylic acids is 1. The van der Waals surface area contributed by atoms with Gasteiger partial charge in [0.25, 0.3) is 0 Å². The number of sulfonamides is 1. The third kappa shape index (κ3) is 7.22. The molecule has 2 aromatic carbocycles. The Morgan fingerprint density at radius 3 is 2.55 bits per heavy atom. The molecule has 7 nitrogen and oxygen atoms in total. The Morgan fingerprint density at radius 1 is 1.12 bits per heavy atom. The van der Waals surface area contributed by atoms with E-state index in [0.717, 1.165) is 17.5 Å². The molecule has 2 bridgehead atoms. The molecule has 0 aromatic heterocycles. The van der Waals surface area contributed by atoms with Gasteiger partial charge >= 0.3 is 0 Å². The van der Waals surface area contributed by atoms with Crippen LogP contribution in [0.2, 0.25) is 0 Å². The lowest BCUT2D eigenvalue weighted by Crippen LogP contribution is -2.53. The molecular weight excluding hydrogens is 550 g/mol. The topological polar surface area (TPSA) is 104 Å². The van der Waals surface area contributed by atoms with E-state index in [4.69, 9.17) is 4.74 Å². The molecule has 0 unspecified atom stereocenters. The molecule has 3 aliphatic rings. The van der Waals surface area contributed by atoms with Crippen molar-refractivity contribution in [2.24, 2.45) is 5.41 Å². The van der Waals surface area contributed by atoms with E-state index < -0.39 is 27.1 Å². The first-order valence-corrected chi connectivity index (χ1v) is 17.0. The van der Waals surface area contributed by atoms with Gasteiger partial charge in [-0.15, -0.1) is 0 Å². The Balaban J connectivity index is 1.82. The third-order valence-electron chi connectivity index (χ3n) is 9.62. The molecule has 1 fully saturated rings. The second-order valence-corrected chi connectivity index (χ2v) is 14.6. The predicted octanol–water partition coefficient (Wildman–Crippen LogP) is 5.25. The lowest BCUT2D eigenvalue weighted by Gasteiger charge is -2.45. The van der Waals surface area contributed by atoms with Crippen molar-refractivity contribution in [1.82, 2.24) is 4.31 Å². The highest BCUT2D eigenvalue weighted by molar-refractivity contribution is 7.88. The fourth-order valence-electron chi connectivity index (χ4n) is 6.98. The fraction of sp³-hybridized carbons (Fsp3) is 0.559. The number of aliphatic hydroxyl groups excluding tert-OH is 1. The van der Waals surface area contributed by atoms with Crippen LogP contribution in [0.1, 0.15) is 91.8 Å². The van der Waals surface area contributed by atoms with Gasteiger partial charge in [0.05, 0.1) is 18.0 Å². The Hall–Kier alpha value is -2.36. The van der Waals surface area contributed by atoms with E-state index in [1.54, 1.807) is 7.11 Å². The van der Waals surface area contributed by atoms with Crippen LogP contribution in [0.4, 0.5) is 0 Å². The largest absolute Gasteiger partial charge is 0.393 e. The van der Waals surface area contributed by atoms with Crippen molar-refractivity contribution in [2.75, 3.05) is 33.1 Å². The molecule has 0 amide bonds. The van der Waals surface area contributed by atoms with Crippen LogP contribution in [0.15, 0.2) is 60.2 Å². The highest BCUT2D eigenvalue weighted by atomic mass is 32.2. The molecular formula is C34H47NO6S. The quantitative estimate of drug-likeness (QED) is 0.232. The highest BCUT2D eigenvalue weighted by Crippen LogP contribution is 2.59. The van der Waals surface area contributed by atoms with Gasteiger partial charge < -0.3 is 14.9 Å². The summed E-state index contributed by atoms with van der Waals surface area (Å²) in [4.78, 5) is 14.0. The van der Waals surface area contributed by atoms with Crippen LogP contribution in [0.5, 0.6) is 0 Å². The minimum atomic E-state index is -3.58. The zero-order valence-corrected chi connectivity index (χ0v) is 26.3. The number of carbonyl (C=O) groups is 1. The molecule has 0 spiro atoms. The van der Waals surface area contributed by atoms with Crippen molar-refractivity contribution in [3.05, 3.63) is 82.4 Å². The minimum Gasteiger partial charge on any atom is -0.393 e. The Labute approximate surface area is 251 Å². The number of aliphatic hydroxyl groups is 2. The van der Waals surface area contributed by atoms with Crippen LogP contribution in [0.25, 0.3) is 0 Å². The summed E-state index contributed by atoms with van der Waals surface area (Å²) < 4.78 is 32.3. The molecule has 5 rings (SSSR count). The number of allylic oxidation sites excluding steroid dienone is 2. The predicted molar refractivity (Wildman–Crippen MR) is 166 cm³/mol. The van der Waals surface area contributed by atoms with E-state index >= 15 is 0 Å². The molecule has 42 heavy (non-hydrogen) atoms. The number of ether oxygens (including phenoxy) is 1. The van der Waals surface area contributed by atoms with Crippen molar-refractivity contribution < 1.29 is 28.2 Å². The summed E-state index contributed by atoms with van der Waals surface area (Å²) in [7, 11) is -1.99. The Kier molecular flexibility index (Phi) is 10.5. The van der Waals surface area contributed by atoms with Crippen LogP contribution in [-0.4, -0.2) is 73.5 Å². The SMILES string of the molecule is COCCCN(C[C@]1(O)CC[C@H]2c3ccc(cc3C(=O)c3ccccc3)C[C@@H](O)CCC(C)=CCC[C@@]21C)S(C)(=O)=O. The molecule has 0 aliphatic heterocycles. The van der Waals surface area contributed by atoms with Crippen LogP contribution < -0.4 is 0 Å². The average molecular weight is 598 g/mol. The van der Waals surface area contributed by atoms with Gasteiger partial charge in [-0.25, -0.2) is 8.42 Å². The van der Waals surface area contributed by atoms with E-state index in [1.165, 1.54) is 16.1 Å². The first-order chi connectivity index (χ1) is 19.9. The first-order valence-electron chi connectivity index (χ1n) is 15.1. The number of fused-ring (bicyclic) bond motifs is 8. The summed E-state index contributed by atoms with van der Waals surface area (Å²) in [6.45, 7) is 4.84. The number of nitrogens with zero attached hydrogens (tertiary/aromatic N) is 1. The summed E-state index contributed by atoms with van der Waals surface area (Å²) in [6.07, 6.45) is 7.64. The van der Waals surface area contributed by atoms with Gasteiger partial charge in [0.1, 0.15) is 0 Å². The summed E-state index contributed by atoms with van der Waals surface area (Å²) in [5.74, 6) is -0.249. The molecule has 2 N–H and O–H groups in total. The number of ketones is 1. The molecule has 230 valence electrons. The summed E-state index contributed by atoms with van der Waals surface area (Å²) in [5, 5.41) is 23.3. The molecule has 0 radical (unpaired) electrons. The van der Waals surface area contributed by atoms with Gasteiger partial charge in [-0.05, 0) is 81.4 Å². The van der Waals surface area contributed by atoms with Crippen molar-refractivity contribution in [3.8, 4) is 0 Å². The summed E-state index contributed by atoms with van der Waals surface area (Å²) in [5.41, 5.74) is 2.16. The fourth-order valence-corrected chi connectivity index (χ4v) is 7.89. The molecule has 2 aromatic rings. The van der Waals surface area contributed by atoms with Crippen LogP contribution in [0.3, 0.4) is 0 Å². The highest BCUT2D eigenvalue weighted by Gasteiger charge is 2.57. The average Bonchev–Trinajstić information content (AvgIpc) is 3.20. The number of rotatable bonds is 9. The summed E-state index contributed by atoms with van der Waals surface area (Å²) in [6, 6.07) is 15.1. The lowest BCUT2D eigenvalue weighted by molar-refractivity contribution is -0.0726. The molecule has 1 saturated carbocycles. The second-order valence-electron chi connectivity index (χ2n) is 12.6. The van der Waals surface area contributed by atoms with E-state index in [0.29, 0.717) is 62.7 Å². The smallest absolute Gasteiger partial charge is 0.211 e. The standard InChI is InChI=1S/C34H47NO6S/c1-25-10-8-18-33(2)31(17-19-34(33,38)24-35(42(4,39)40)20-9-21-41-3)29-16-14-26(22-28(36)15-13-25)23-30(29)32(37)27-11-6-5-7-12-27/h5-7,10-12,14,16,23,28,31,36,38H,8-9,13,15,17-22,24H2,1-4H3/t28-,31-,33-,34+/m0/s1. The van der Waals surface area contributed by atoms with Crippen LogP contribution >= 0.6 is 0 Å². The number of hydrogen-bond donors (Lipinski definition) is 2. The van der Waals surface area contributed by atoms with Gasteiger partial charge in [0, 0.05) is 43.3 Å². The van der Waals surface area contributed by atoms with Crippen molar-refractivity contribution >= 4 is 15.8 Å². The van der Waals surface area contributed by atoms with Crippen molar-refractivity contribution in [1.29, 1.82) is 0 Å². The van der Waals surface area contributed by atoms with E-state index in [9.17, 15) is 23.4 Å². The monoisotopic (exact) mass is 597 g/mol. The van der Waals surface area contributed by atoms with Crippen molar-refractivity contribution in [2.45, 2.75) is 82.8 Å². The molecule has 0 saturated heterocycles. The summed E-state index contributed by atoms with van der Waals surface area (Å²) >= 11 is 0. The normalized spacial score (nSPS) is 27.0. The Morgan fingerprint density at radius 2 is 1.86 bits per heavy atom. The maximum absolute atomic E-state index is 14.0. The molecule has 3 aliphatic carbocycles. The van der Waals surface area contributed by atoms with Gasteiger partial charge in [-0.2, -0.15) is 4.31 Å². The zero-order chi connectivity index (χ0) is 30.5. The Bertz CT molecular complexity index is 1370. The van der Waals surface area contributed by atoms with Gasteiger partial charge in [-0.1, -0.05) is 61.0 Å². The zero-order valence-electron chi connectivity index (χ0n) is 25.5. The van der Waals surface area contributed by atoms with E-state index in [2.05, 4.69) is 19.9 Å². The maximum Gasteiger partial charge on any atom is 0.211 e. The number of hydrogen-bond acceptors (Lipinski definition) is 6. The van der Waals surface area contributed by atoms with Gasteiger partial charge in [-0.3, -0.25) is 4.79 Å². The second kappa shape index (κ2) is 13.5. The van der Waals surface area contributed by atoms with Gasteiger partial charge in [0.2, 0.25) is 10.0 Å². The lowest BCUT2D eigenvalue weighted by atomic mass is 9.64. The van der Waals surface area contributed by atoms with Crippen molar-refractivity contribution in [3.63, 3.8) is 0 Å². The molecule has 0 heterocycles.